The fourth-order valence-corrected chi connectivity index (χ4v) is 2.55. The first-order valence-electron chi connectivity index (χ1n) is 6.27. The molecule has 0 unspecified atom stereocenters. The number of primary amides is 1. The fraction of sp³-hybridized carbons (Fsp3) is 0.385. The lowest BCUT2D eigenvalue weighted by Gasteiger charge is -2.19. The number of nitrogens with two attached hydrogens (primary N) is 1. The van der Waals surface area contributed by atoms with Gasteiger partial charge in [-0.25, -0.2) is 0 Å². The predicted octanol–water partition coefficient (Wildman–Crippen LogP) is 1.53. The molecule has 0 aliphatic heterocycles. The van der Waals surface area contributed by atoms with E-state index in [2.05, 4.69) is 5.32 Å². The summed E-state index contributed by atoms with van der Waals surface area (Å²) < 4.78 is 0. The number of nitrogens with zero attached hydrogens (tertiary/aromatic N) is 2. The Hall–Kier alpha value is -2.62. The Morgan fingerprint density at radius 3 is 2.85 bits per heavy atom. The van der Waals surface area contributed by atoms with Gasteiger partial charge in [-0.15, -0.1) is 0 Å². The van der Waals surface area contributed by atoms with Crippen LogP contribution in [0.5, 0.6) is 0 Å². The van der Waals surface area contributed by atoms with Crippen LogP contribution in [0.3, 0.4) is 0 Å². The molecule has 20 heavy (non-hydrogen) atoms. The molecule has 1 amide bonds. The van der Waals surface area contributed by atoms with Crippen molar-refractivity contribution in [1.29, 1.82) is 5.26 Å². The average molecular weight is 274 g/mol. The van der Waals surface area contributed by atoms with Gasteiger partial charge in [-0.2, -0.15) is 5.26 Å². The minimum absolute atomic E-state index is 0.167. The van der Waals surface area contributed by atoms with Crippen LogP contribution in [0.1, 0.15) is 24.8 Å². The van der Waals surface area contributed by atoms with Crippen molar-refractivity contribution in [2.75, 3.05) is 5.32 Å². The molecule has 0 aromatic heterocycles. The van der Waals surface area contributed by atoms with Gasteiger partial charge in [0.1, 0.15) is 5.69 Å². The smallest absolute Gasteiger partial charge is 0.293 e. The molecule has 1 aromatic carbocycles. The molecule has 1 fully saturated rings. The van der Waals surface area contributed by atoms with Gasteiger partial charge in [-0.3, -0.25) is 14.9 Å². The highest BCUT2D eigenvalue weighted by Gasteiger charge is 2.32. The van der Waals surface area contributed by atoms with Crippen molar-refractivity contribution in [2.24, 2.45) is 11.7 Å². The van der Waals surface area contributed by atoms with Crippen LogP contribution in [0, 0.1) is 27.4 Å². The van der Waals surface area contributed by atoms with Gasteiger partial charge in [0.2, 0.25) is 5.91 Å². The van der Waals surface area contributed by atoms with Crippen LogP contribution < -0.4 is 11.1 Å². The molecule has 104 valence electrons. The molecule has 1 aromatic rings. The highest BCUT2D eigenvalue weighted by molar-refractivity contribution is 5.78. The highest BCUT2D eigenvalue weighted by Crippen LogP contribution is 2.32. The molecule has 1 saturated carbocycles. The van der Waals surface area contributed by atoms with E-state index in [1.807, 2.05) is 6.07 Å². The zero-order valence-corrected chi connectivity index (χ0v) is 10.7. The second kappa shape index (κ2) is 5.57. The minimum atomic E-state index is -0.544. The molecule has 0 saturated heterocycles. The van der Waals surface area contributed by atoms with Crippen LogP contribution in [0.25, 0.3) is 0 Å². The molecule has 0 bridgehead atoms. The number of nitrogens with one attached hydrogen (secondary N) is 1. The van der Waals surface area contributed by atoms with Gasteiger partial charge in [0.25, 0.3) is 5.69 Å². The molecule has 1 aliphatic carbocycles. The first-order valence-corrected chi connectivity index (χ1v) is 6.27. The van der Waals surface area contributed by atoms with Crippen molar-refractivity contribution in [3.8, 4) is 6.07 Å². The molecule has 0 spiro atoms. The first kappa shape index (κ1) is 13.8. The van der Waals surface area contributed by atoms with Crippen LogP contribution >= 0.6 is 0 Å². The van der Waals surface area contributed by atoms with Crippen LogP contribution in [0.2, 0.25) is 0 Å². The average Bonchev–Trinajstić information content (AvgIpc) is 2.87. The normalized spacial score (nSPS) is 21.1. The molecule has 3 N–H and O–H groups in total. The molecule has 0 heterocycles. The minimum Gasteiger partial charge on any atom is -0.376 e. The van der Waals surface area contributed by atoms with Crippen LogP contribution in [-0.2, 0) is 4.79 Å². The summed E-state index contributed by atoms with van der Waals surface area (Å²) in [5, 5.41) is 22.8. The van der Waals surface area contributed by atoms with E-state index in [0.717, 1.165) is 12.8 Å². The molecule has 7 nitrogen and oxygen atoms in total. The molecular formula is C13H14N4O3. The second-order valence-electron chi connectivity index (χ2n) is 4.79. The number of benzene rings is 1. The molecule has 2 atom stereocenters. The Bertz CT molecular complexity index is 594. The summed E-state index contributed by atoms with van der Waals surface area (Å²) in [6.45, 7) is 0. The summed E-state index contributed by atoms with van der Waals surface area (Å²) in [4.78, 5) is 21.8. The number of nitro benzene ring substituents is 1. The lowest BCUT2D eigenvalue weighted by molar-refractivity contribution is -0.384. The zero-order valence-electron chi connectivity index (χ0n) is 10.7. The van der Waals surface area contributed by atoms with Gasteiger partial charge in [-0.1, -0.05) is 6.42 Å². The van der Waals surface area contributed by atoms with Crippen molar-refractivity contribution in [3.05, 3.63) is 33.9 Å². The van der Waals surface area contributed by atoms with E-state index in [1.54, 1.807) is 0 Å². The highest BCUT2D eigenvalue weighted by atomic mass is 16.6. The number of rotatable bonds is 4. The Morgan fingerprint density at radius 2 is 2.25 bits per heavy atom. The lowest BCUT2D eigenvalue weighted by atomic mass is 10.0. The van der Waals surface area contributed by atoms with Crippen LogP contribution in [-0.4, -0.2) is 16.9 Å². The van der Waals surface area contributed by atoms with Crippen LogP contribution in [0.15, 0.2) is 18.2 Å². The summed E-state index contributed by atoms with van der Waals surface area (Å²) in [7, 11) is 0. The third-order valence-electron chi connectivity index (χ3n) is 3.55. The number of nitro groups is 1. The zero-order chi connectivity index (χ0) is 14.7. The van der Waals surface area contributed by atoms with Gasteiger partial charge >= 0.3 is 0 Å². The van der Waals surface area contributed by atoms with Crippen molar-refractivity contribution in [1.82, 2.24) is 0 Å². The third-order valence-corrected chi connectivity index (χ3v) is 3.55. The Kier molecular flexibility index (Phi) is 3.84. The van der Waals surface area contributed by atoms with Crippen LogP contribution in [0.4, 0.5) is 11.4 Å². The van der Waals surface area contributed by atoms with Crippen molar-refractivity contribution >= 4 is 17.3 Å². The topological polar surface area (TPSA) is 122 Å². The van der Waals surface area contributed by atoms with Crippen molar-refractivity contribution < 1.29 is 9.72 Å². The first-order chi connectivity index (χ1) is 9.52. The van der Waals surface area contributed by atoms with Crippen molar-refractivity contribution in [3.63, 3.8) is 0 Å². The van der Waals surface area contributed by atoms with Gasteiger partial charge < -0.3 is 11.1 Å². The van der Waals surface area contributed by atoms with E-state index in [9.17, 15) is 14.9 Å². The number of nitriles is 1. The predicted molar refractivity (Wildman–Crippen MR) is 71.8 cm³/mol. The van der Waals surface area contributed by atoms with E-state index in [1.165, 1.54) is 18.2 Å². The van der Waals surface area contributed by atoms with Gasteiger partial charge in [0, 0.05) is 12.1 Å². The summed E-state index contributed by atoms with van der Waals surface area (Å²) in [6.07, 6.45) is 2.29. The second-order valence-corrected chi connectivity index (χ2v) is 4.79. The number of hydrogen-bond acceptors (Lipinski definition) is 5. The standard InChI is InChI=1S/C13H14N4O3/c14-7-8-4-5-11(12(6-8)17(19)20)16-10-3-1-2-9(10)13(15)18/h4-6,9-10,16H,1-3H2,(H2,15,18)/t9-,10+/m1/s1. The fourth-order valence-electron chi connectivity index (χ4n) is 2.55. The Morgan fingerprint density at radius 1 is 1.50 bits per heavy atom. The van der Waals surface area contributed by atoms with E-state index >= 15 is 0 Å². The largest absolute Gasteiger partial charge is 0.376 e. The van der Waals surface area contributed by atoms with E-state index in [-0.39, 0.29) is 23.2 Å². The quantitative estimate of drug-likeness (QED) is 0.636. The van der Waals surface area contributed by atoms with E-state index < -0.39 is 10.8 Å². The maximum absolute atomic E-state index is 11.3. The lowest BCUT2D eigenvalue weighted by Crippen LogP contribution is -2.34. The molecule has 7 heteroatoms. The SMILES string of the molecule is N#Cc1ccc(N[C@H]2CCC[C@H]2C(N)=O)c([N+](=O)[O-])c1. The summed E-state index contributed by atoms with van der Waals surface area (Å²) in [5.74, 6) is -0.707. The molecule has 2 rings (SSSR count). The maximum Gasteiger partial charge on any atom is 0.293 e. The van der Waals surface area contributed by atoms with E-state index in [4.69, 9.17) is 11.0 Å². The van der Waals surface area contributed by atoms with Gasteiger partial charge in [0.05, 0.1) is 22.5 Å². The van der Waals surface area contributed by atoms with Gasteiger partial charge in [-0.05, 0) is 25.0 Å². The van der Waals surface area contributed by atoms with E-state index in [0.29, 0.717) is 12.1 Å². The van der Waals surface area contributed by atoms with Crippen molar-refractivity contribution in [2.45, 2.75) is 25.3 Å². The number of anilines is 1. The molecule has 0 radical (unpaired) electrons. The number of carbonyl (C=O) groups is 1. The summed E-state index contributed by atoms with van der Waals surface area (Å²) in [6, 6.07) is 5.88. The maximum atomic E-state index is 11.3. The third kappa shape index (κ3) is 2.69. The monoisotopic (exact) mass is 274 g/mol. The Balaban J connectivity index is 2.27. The Labute approximate surface area is 115 Å². The molecule has 1 aliphatic rings. The summed E-state index contributed by atoms with van der Waals surface area (Å²) >= 11 is 0. The van der Waals surface area contributed by atoms with Gasteiger partial charge in [0.15, 0.2) is 0 Å². The number of amides is 1. The molecular weight excluding hydrogens is 260 g/mol. The number of hydrogen-bond donors (Lipinski definition) is 2. The number of carbonyl (C=O) groups excluding carboxylic acids is 1. The summed E-state index contributed by atoms with van der Waals surface area (Å²) in [5.41, 5.74) is 5.70.